The van der Waals surface area contributed by atoms with Gasteiger partial charge in [0, 0.05) is 6.42 Å². The highest BCUT2D eigenvalue weighted by atomic mass is 16.6. The number of carbonyl (C=O) groups is 1. The Morgan fingerprint density at radius 1 is 1.11 bits per heavy atom. The van der Waals surface area contributed by atoms with Crippen molar-refractivity contribution in [2.24, 2.45) is 0 Å². The molecule has 0 aromatic rings. The van der Waals surface area contributed by atoms with Crippen LogP contribution in [0.2, 0.25) is 0 Å². The van der Waals surface area contributed by atoms with Crippen molar-refractivity contribution in [3.05, 3.63) is 0 Å². The molecule has 7 nitrogen and oxygen atoms in total. The predicted molar refractivity (Wildman–Crippen MR) is 61.8 cm³/mol. The van der Waals surface area contributed by atoms with E-state index in [0.29, 0.717) is 0 Å². The lowest BCUT2D eigenvalue weighted by molar-refractivity contribution is -0.133. The lowest BCUT2D eigenvalue weighted by Crippen LogP contribution is -2.62. The minimum absolute atomic E-state index is 0.126. The third-order valence-corrected chi connectivity index (χ3v) is 2.69. The Bertz CT molecular complexity index is 302. The Labute approximate surface area is 105 Å². The molecule has 0 radical (unpaired) electrons. The number of aliphatic hydroxyl groups excluding tert-OH is 4. The smallest absolute Gasteiger partial charge is 0.408 e. The summed E-state index contributed by atoms with van der Waals surface area (Å²) < 4.78 is 4.98. The molecule has 1 amide bonds. The van der Waals surface area contributed by atoms with E-state index >= 15 is 0 Å². The number of amides is 1. The Hall–Kier alpha value is -0.890. The second-order valence-electron chi connectivity index (χ2n) is 5.52. The molecular weight excluding hydrogens is 242 g/mol. The Morgan fingerprint density at radius 3 is 2.17 bits per heavy atom. The Morgan fingerprint density at radius 2 is 1.67 bits per heavy atom. The lowest BCUT2D eigenvalue weighted by atomic mass is 9.85. The maximum Gasteiger partial charge on any atom is 0.408 e. The van der Waals surface area contributed by atoms with Crippen LogP contribution in [0.3, 0.4) is 0 Å². The molecule has 0 aromatic heterocycles. The van der Waals surface area contributed by atoms with Gasteiger partial charge in [0.15, 0.2) is 0 Å². The van der Waals surface area contributed by atoms with Gasteiger partial charge >= 0.3 is 6.09 Å². The number of rotatable bonds is 1. The first-order chi connectivity index (χ1) is 8.11. The van der Waals surface area contributed by atoms with Gasteiger partial charge < -0.3 is 30.5 Å². The maximum atomic E-state index is 11.5. The minimum Gasteiger partial charge on any atom is -0.444 e. The number of hydrogen-bond donors (Lipinski definition) is 5. The molecular formula is C11H21NO6. The summed E-state index contributed by atoms with van der Waals surface area (Å²) in [5.74, 6) is 0. The molecule has 1 saturated carbocycles. The largest absolute Gasteiger partial charge is 0.444 e. The van der Waals surface area contributed by atoms with Crippen molar-refractivity contribution in [2.45, 2.75) is 63.3 Å². The number of ether oxygens (including phenoxy) is 1. The van der Waals surface area contributed by atoms with Crippen molar-refractivity contribution in [3.63, 3.8) is 0 Å². The second kappa shape index (κ2) is 5.40. The lowest BCUT2D eigenvalue weighted by Gasteiger charge is -2.39. The molecule has 0 bridgehead atoms. The van der Waals surface area contributed by atoms with Gasteiger partial charge in [0.1, 0.15) is 17.8 Å². The molecule has 0 saturated heterocycles. The van der Waals surface area contributed by atoms with Crippen LogP contribution in [0, 0.1) is 0 Å². The summed E-state index contributed by atoms with van der Waals surface area (Å²) in [5, 5.41) is 40.5. The van der Waals surface area contributed by atoms with Crippen molar-refractivity contribution in [1.29, 1.82) is 0 Å². The minimum atomic E-state index is -1.45. The van der Waals surface area contributed by atoms with Crippen LogP contribution in [0.15, 0.2) is 0 Å². The normalized spacial score (nSPS) is 37.2. The van der Waals surface area contributed by atoms with E-state index in [-0.39, 0.29) is 6.42 Å². The van der Waals surface area contributed by atoms with Gasteiger partial charge in [0.25, 0.3) is 0 Å². The van der Waals surface area contributed by atoms with Gasteiger partial charge in [0.05, 0.1) is 18.2 Å². The van der Waals surface area contributed by atoms with Crippen LogP contribution in [0.4, 0.5) is 4.79 Å². The summed E-state index contributed by atoms with van der Waals surface area (Å²) in [7, 11) is 0. The van der Waals surface area contributed by atoms with Crippen LogP contribution in [0.1, 0.15) is 27.2 Å². The molecule has 1 rings (SSSR count). The van der Waals surface area contributed by atoms with E-state index in [1.807, 2.05) is 0 Å². The average Bonchev–Trinajstić information content (AvgIpc) is 2.19. The van der Waals surface area contributed by atoms with Crippen LogP contribution < -0.4 is 5.32 Å². The van der Waals surface area contributed by atoms with Gasteiger partial charge in [-0.2, -0.15) is 0 Å². The molecule has 0 spiro atoms. The van der Waals surface area contributed by atoms with E-state index in [2.05, 4.69) is 5.32 Å². The number of nitrogens with one attached hydrogen (secondary N) is 1. The van der Waals surface area contributed by atoms with Crippen molar-refractivity contribution in [3.8, 4) is 0 Å². The number of aliphatic hydroxyl groups is 4. The van der Waals surface area contributed by atoms with E-state index in [1.54, 1.807) is 20.8 Å². The molecule has 5 N–H and O–H groups in total. The van der Waals surface area contributed by atoms with Crippen molar-refractivity contribution < 1.29 is 30.0 Å². The van der Waals surface area contributed by atoms with Gasteiger partial charge in [-0.05, 0) is 20.8 Å². The molecule has 0 heterocycles. The van der Waals surface area contributed by atoms with E-state index < -0.39 is 42.2 Å². The van der Waals surface area contributed by atoms with Crippen molar-refractivity contribution in [1.82, 2.24) is 5.32 Å². The quantitative estimate of drug-likeness (QED) is 0.402. The molecule has 5 atom stereocenters. The van der Waals surface area contributed by atoms with Crippen LogP contribution in [0.25, 0.3) is 0 Å². The summed E-state index contributed by atoms with van der Waals surface area (Å²) in [6.07, 6.45) is -6.14. The highest BCUT2D eigenvalue weighted by Crippen LogP contribution is 2.21. The number of alkyl carbamates (subject to hydrolysis) is 1. The standard InChI is InChI=1S/C11H21NO6/c1-11(2,3)18-10(17)12-7-5(13)4-6(14)8(15)9(7)16/h5-9,13-16H,4H2,1-3H3,(H,12,17)/t5-,6+,7-,8+,9+/m0/s1. The zero-order valence-corrected chi connectivity index (χ0v) is 10.7. The Kier molecular flexibility index (Phi) is 4.55. The molecule has 1 fully saturated rings. The molecule has 0 unspecified atom stereocenters. The van der Waals surface area contributed by atoms with Gasteiger partial charge in [-0.1, -0.05) is 0 Å². The fourth-order valence-corrected chi connectivity index (χ4v) is 1.83. The highest BCUT2D eigenvalue weighted by Gasteiger charge is 2.43. The summed E-state index contributed by atoms with van der Waals surface area (Å²) in [5.41, 5.74) is -0.702. The van der Waals surface area contributed by atoms with Gasteiger partial charge in [-0.3, -0.25) is 0 Å². The van der Waals surface area contributed by atoms with Gasteiger partial charge in [-0.15, -0.1) is 0 Å². The average molecular weight is 263 g/mol. The van der Waals surface area contributed by atoms with Crippen LogP contribution in [0.5, 0.6) is 0 Å². The summed E-state index contributed by atoms with van der Waals surface area (Å²) in [6, 6.07) is -1.07. The van der Waals surface area contributed by atoms with Crippen molar-refractivity contribution in [2.75, 3.05) is 0 Å². The van der Waals surface area contributed by atoms with Gasteiger partial charge in [-0.25, -0.2) is 4.79 Å². The first-order valence-corrected chi connectivity index (χ1v) is 5.83. The third kappa shape index (κ3) is 3.81. The predicted octanol–water partition coefficient (Wildman–Crippen LogP) is -1.27. The molecule has 0 aromatic carbocycles. The summed E-state index contributed by atoms with van der Waals surface area (Å²) >= 11 is 0. The van der Waals surface area contributed by atoms with Crippen LogP contribution >= 0.6 is 0 Å². The topological polar surface area (TPSA) is 119 Å². The fourth-order valence-electron chi connectivity index (χ4n) is 1.83. The molecule has 0 aliphatic heterocycles. The zero-order chi connectivity index (χ0) is 14.1. The van der Waals surface area contributed by atoms with E-state index in [4.69, 9.17) is 4.74 Å². The fraction of sp³-hybridized carbons (Fsp3) is 0.909. The first-order valence-electron chi connectivity index (χ1n) is 5.83. The summed E-state index contributed by atoms with van der Waals surface area (Å²) in [4.78, 5) is 11.5. The zero-order valence-electron chi connectivity index (χ0n) is 10.7. The van der Waals surface area contributed by atoms with Gasteiger partial charge in [0.2, 0.25) is 0 Å². The van der Waals surface area contributed by atoms with E-state index in [1.165, 1.54) is 0 Å². The second-order valence-corrected chi connectivity index (χ2v) is 5.52. The first kappa shape index (κ1) is 15.2. The SMILES string of the molecule is CC(C)(C)OC(=O)N[C@@H]1[C@@H](O)[C@H](O)[C@H](O)C[C@@H]1O. The number of carbonyl (C=O) groups excluding carboxylic acids is 1. The number of hydrogen-bond acceptors (Lipinski definition) is 6. The molecule has 18 heavy (non-hydrogen) atoms. The molecule has 106 valence electrons. The van der Waals surface area contributed by atoms with E-state index in [0.717, 1.165) is 0 Å². The van der Waals surface area contributed by atoms with Crippen LogP contribution in [-0.2, 0) is 4.74 Å². The van der Waals surface area contributed by atoms with E-state index in [9.17, 15) is 25.2 Å². The van der Waals surface area contributed by atoms with Crippen molar-refractivity contribution >= 4 is 6.09 Å². The summed E-state index contributed by atoms with van der Waals surface area (Å²) in [6.45, 7) is 5.04. The monoisotopic (exact) mass is 263 g/mol. The molecule has 1 aliphatic rings. The third-order valence-electron chi connectivity index (χ3n) is 2.69. The highest BCUT2D eigenvalue weighted by molar-refractivity contribution is 5.68. The van der Waals surface area contributed by atoms with Crippen LogP contribution in [-0.4, -0.2) is 62.6 Å². The maximum absolute atomic E-state index is 11.5. The molecule has 1 aliphatic carbocycles. The Balaban J connectivity index is 2.62. The molecule has 7 heteroatoms.